The fourth-order valence-electron chi connectivity index (χ4n) is 5.94. The molecule has 0 aliphatic carbocycles. The molecule has 2 atom stereocenters. The highest BCUT2D eigenvalue weighted by atomic mass is 19.4. The molecule has 6 rings (SSSR count). The number of hydrogen-bond acceptors (Lipinski definition) is 8. The van der Waals surface area contributed by atoms with E-state index in [1.54, 1.807) is 19.2 Å². The van der Waals surface area contributed by atoms with E-state index in [-0.39, 0.29) is 29.2 Å². The number of ether oxygens (including phenoxy) is 2. The SMILES string of the molecule is COc1ncc(-c2c(C)n[nH]c2C)cc1-c1cnc(N2CC(F)(F)C2)nc1CN1C(=O)OC(c2cc(C(F)(F)F)cc(C(F)(F)F)c2)C1C. The molecule has 2 unspecified atom stereocenters. The van der Waals surface area contributed by atoms with Crippen LogP contribution in [-0.2, 0) is 23.6 Å². The number of aromatic nitrogens is 5. The number of cyclic esters (lactones) is 1. The van der Waals surface area contributed by atoms with Gasteiger partial charge in [0.2, 0.25) is 11.8 Å². The number of nitrogens with zero attached hydrogens (tertiary/aromatic N) is 6. The van der Waals surface area contributed by atoms with Gasteiger partial charge in [-0.1, -0.05) is 0 Å². The Kier molecular flexibility index (Phi) is 8.18. The van der Waals surface area contributed by atoms with Gasteiger partial charge >= 0.3 is 18.4 Å². The lowest BCUT2D eigenvalue weighted by atomic mass is 9.97. The van der Waals surface area contributed by atoms with Gasteiger partial charge in [-0.2, -0.15) is 31.4 Å². The van der Waals surface area contributed by atoms with Crippen molar-refractivity contribution in [3.05, 3.63) is 70.4 Å². The zero-order valence-electron chi connectivity index (χ0n) is 26.2. The molecule has 10 nitrogen and oxygen atoms in total. The van der Waals surface area contributed by atoms with Crippen molar-refractivity contribution < 1.29 is 49.4 Å². The summed E-state index contributed by atoms with van der Waals surface area (Å²) >= 11 is 0. The second kappa shape index (κ2) is 11.8. The van der Waals surface area contributed by atoms with Gasteiger partial charge in [0.25, 0.3) is 5.92 Å². The highest BCUT2D eigenvalue weighted by Crippen LogP contribution is 2.42. The maximum Gasteiger partial charge on any atom is 0.416 e. The largest absolute Gasteiger partial charge is 0.481 e. The summed E-state index contributed by atoms with van der Waals surface area (Å²) in [6.45, 7) is 3.28. The molecule has 0 bridgehead atoms. The van der Waals surface area contributed by atoms with E-state index < -0.39 is 72.8 Å². The molecule has 1 amide bonds. The first-order valence-corrected chi connectivity index (χ1v) is 14.7. The van der Waals surface area contributed by atoms with Gasteiger partial charge in [-0.15, -0.1) is 0 Å². The molecule has 0 spiro atoms. The first-order valence-electron chi connectivity index (χ1n) is 14.7. The number of halogens is 8. The van der Waals surface area contributed by atoms with Crippen LogP contribution in [0.1, 0.15) is 46.8 Å². The van der Waals surface area contributed by atoms with Crippen LogP contribution in [0.3, 0.4) is 0 Å². The number of aromatic amines is 1. The number of pyridine rings is 1. The summed E-state index contributed by atoms with van der Waals surface area (Å²) in [5.41, 5.74) is -0.140. The number of hydrogen-bond donors (Lipinski definition) is 1. The van der Waals surface area contributed by atoms with Gasteiger partial charge in [0, 0.05) is 40.3 Å². The maximum atomic E-state index is 13.8. The van der Waals surface area contributed by atoms with E-state index in [4.69, 9.17) is 9.47 Å². The number of nitrogens with one attached hydrogen (secondary N) is 1. The summed E-state index contributed by atoms with van der Waals surface area (Å²) in [7, 11) is 1.37. The number of rotatable bonds is 7. The van der Waals surface area contributed by atoms with Gasteiger partial charge in [-0.3, -0.25) is 10.00 Å². The van der Waals surface area contributed by atoms with Crippen molar-refractivity contribution in [2.75, 3.05) is 25.1 Å². The van der Waals surface area contributed by atoms with E-state index in [0.29, 0.717) is 29.0 Å². The number of carbonyl (C=O) groups excluding carboxylic acids is 1. The third-order valence-electron chi connectivity index (χ3n) is 8.38. The van der Waals surface area contributed by atoms with Crippen LogP contribution >= 0.6 is 0 Å². The van der Waals surface area contributed by atoms with E-state index in [0.717, 1.165) is 16.2 Å². The Bertz CT molecular complexity index is 1870. The first kappa shape index (κ1) is 33.9. The molecule has 2 aliphatic heterocycles. The zero-order chi connectivity index (χ0) is 35.6. The third kappa shape index (κ3) is 6.42. The zero-order valence-corrected chi connectivity index (χ0v) is 26.2. The molecular formula is C31H27F8N7O3. The Balaban J connectivity index is 1.42. The number of benzene rings is 1. The smallest absolute Gasteiger partial charge is 0.416 e. The number of amides is 1. The van der Waals surface area contributed by atoms with E-state index in [1.807, 2.05) is 6.92 Å². The number of H-pyrrole nitrogens is 1. The molecule has 3 aromatic heterocycles. The van der Waals surface area contributed by atoms with Crippen LogP contribution in [0.4, 0.5) is 45.9 Å². The molecule has 1 N–H and O–H groups in total. The number of alkyl halides is 8. The van der Waals surface area contributed by atoms with Crippen molar-refractivity contribution in [1.82, 2.24) is 30.0 Å². The van der Waals surface area contributed by atoms with Crippen molar-refractivity contribution in [2.45, 2.75) is 57.7 Å². The predicted molar refractivity (Wildman–Crippen MR) is 157 cm³/mol. The summed E-state index contributed by atoms with van der Waals surface area (Å²) in [6.07, 6.45) is -9.90. The van der Waals surface area contributed by atoms with Crippen LogP contribution in [0.15, 0.2) is 36.7 Å². The monoisotopic (exact) mass is 697 g/mol. The molecule has 2 fully saturated rings. The number of anilines is 1. The summed E-state index contributed by atoms with van der Waals surface area (Å²) < 4.78 is 120. The van der Waals surface area contributed by atoms with Crippen molar-refractivity contribution in [3.8, 4) is 28.1 Å². The molecule has 0 radical (unpaired) electrons. The Morgan fingerprint density at radius 2 is 1.63 bits per heavy atom. The second-order valence-electron chi connectivity index (χ2n) is 11.8. The lowest BCUT2D eigenvalue weighted by Gasteiger charge is -2.38. The van der Waals surface area contributed by atoms with Gasteiger partial charge in [-0.25, -0.2) is 28.5 Å². The number of carbonyl (C=O) groups is 1. The van der Waals surface area contributed by atoms with Crippen molar-refractivity contribution >= 4 is 12.0 Å². The van der Waals surface area contributed by atoms with E-state index in [2.05, 4.69) is 25.1 Å². The average molecular weight is 698 g/mol. The Hall–Kier alpha value is -5.03. The van der Waals surface area contributed by atoms with Crippen LogP contribution in [0.5, 0.6) is 5.88 Å². The van der Waals surface area contributed by atoms with E-state index in [1.165, 1.54) is 25.1 Å². The molecule has 260 valence electrons. The van der Waals surface area contributed by atoms with Gasteiger partial charge in [0.1, 0.15) is 6.10 Å². The summed E-state index contributed by atoms with van der Waals surface area (Å²) in [5.74, 6) is -2.93. The molecule has 18 heteroatoms. The van der Waals surface area contributed by atoms with Crippen LogP contribution in [0, 0.1) is 13.8 Å². The highest BCUT2D eigenvalue weighted by Gasteiger charge is 2.46. The highest BCUT2D eigenvalue weighted by molar-refractivity contribution is 5.79. The molecule has 4 aromatic rings. The van der Waals surface area contributed by atoms with Gasteiger partial charge in [0.05, 0.1) is 55.3 Å². The van der Waals surface area contributed by atoms with E-state index >= 15 is 0 Å². The molecular weight excluding hydrogens is 670 g/mol. The molecule has 49 heavy (non-hydrogen) atoms. The van der Waals surface area contributed by atoms with Crippen molar-refractivity contribution in [3.63, 3.8) is 0 Å². The minimum absolute atomic E-state index is 0.0151. The van der Waals surface area contributed by atoms with Crippen LogP contribution in [0.2, 0.25) is 0 Å². The van der Waals surface area contributed by atoms with E-state index in [9.17, 15) is 39.9 Å². The van der Waals surface area contributed by atoms with Crippen LogP contribution in [0.25, 0.3) is 22.3 Å². The van der Waals surface area contributed by atoms with Gasteiger partial charge < -0.3 is 14.4 Å². The summed E-state index contributed by atoms with van der Waals surface area (Å²) in [5, 5.41) is 7.10. The molecule has 0 saturated carbocycles. The molecule has 1 aromatic carbocycles. The number of methoxy groups -OCH3 is 1. The predicted octanol–water partition coefficient (Wildman–Crippen LogP) is 7.13. The lowest BCUT2D eigenvalue weighted by molar-refractivity contribution is -0.143. The Morgan fingerprint density at radius 3 is 2.18 bits per heavy atom. The second-order valence-corrected chi connectivity index (χ2v) is 11.8. The average Bonchev–Trinajstić information content (AvgIpc) is 3.50. The number of aryl methyl sites for hydroxylation is 2. The van der Waals surface area contributed by atoms with Crippen LogP contribution in [-0.4, -0.2) is 68.3 Å². The molecule has 2 aliphatic rings. The van der Waals surface area contributed by atoms with Gasteiger partial charge in [0.15, 0.2) is 0 Å². The lowest BCUT2D eigenvalue weighted by Crippen LogP contribution is -2.57. The quantitative estimate of drug-likeness (QED) is 0.203. The summed E-state index contributed by atoms with van der Waals surface area (Å²) in [6, 6.07) is 1.62. The third-order valence-corrected chi connectivity index (χ3v) is 8.38. The Morgan fingerprint density at radius 1 is 0.980 bits per heavy atom. The minimum atomic E-state index is -5.11. The maximum absolute atomic E-state index is 13.8. The Labute approximate surface area is 273 Å². The first-order chi connectivity index (χ1) is 22.9. The summed E-state index contributed by atoms with van der Waals surface area (Å²) in [4.78, 5) is 28.7. The molecule has 5 heterocycles. The fourth-order valence-corrected chi connectivity index (χ4v) is 5.94. The molecule has 2 saturated heterocycles. The fraction of sp³-hybridized carbons (Fsp3) is 0.387. The normalized spacial score (nSPS) is 19.2. The topological polar surface area (TPSA) is 109 Å². The van der Waals surface area contributed by atoms with Crippen molar-refractivity contribution in [1.29, 1.82) is 0 Å². The minimum Gasteiger partial charge on any atom is -0.481 e. The standard InChI is InChI=1S/C31H27F8N7O3/c1-14-24(15(2)44-43-14)18-7-21(26(48-4)40-9-18)22-10-41-27(45-12-29(32,33)13-45)42-23(22)11-46-16(3)25(49-28(46)47)17-5-19(30(34,35)36)8-20(6-17)31(37,38)39/h5-10,16,25H,11-13H2,1-4H3,(H,43,44). The van der Waals surface area contributed by atoms with Gasteiger partial charge in [-0.05, 0) is 50.6 Å². The van der Waals surface area contributed by atoms with Crippen LogP contribution < -0.4 is 9.64 Å². The van der Waals surface area contributed by atoms with Crippen molar-refractivity contribution in [2.24, 2.45) is 0 Å².